The van der Waals surface area contributed by atoms with Crippen molar-refractivity contribution in [1.82, 2.24) is 0 Å². The number of hydrogen-bond acceptors (Lipinski definition) is 7. The van der Waals surface area contributed by atoms with E-state index in [-0.39, 0.29) is 5.69 Å². The van der Waals surface area contributed by atoms with E-state index < -0.39 is 31.8 Å². The van der Waals surface area contributed by atoms with E-state index in [9.17, 15) is 30.3 Å². The fourth-order valence-electron chi connectivity index (χ4n) is 2.64. The molecule has 0 radical (unpaired) electrons. The number of rotatable bonds is 13. The van der Waals surface area contributed by atoms with Gasteiger partial charge in [0, 0.05) is 6.54 Å². The number of non-ortho nitro benzene ring substituents is 1. The van der Waals surface area contributed by atoms with E-state index in [1.807, 2.05) is 0 Å². The van der Waals surface area contributed by atoms with Gasteiger partial charge in [0.05, 0.1) is 26.9 Å². The van der Waals surface area contributed by atoms with Gasteiger partial charge in [-0.05, 0) is 6.42 Å². The van der Waals surface area contributed by atoms with Crippen molar-refractivity contribution in [2.75, 3.05) is 11.9 Å². The van der Waals surface area contributed by atoms with Crippen LogP contribution in [0.2, 0.25) is 0 Å². The van der Waals surface area contributed by atoms with E-state index in [4.69, 9.17) is 0 Å². The molecule has 1 aromatic rings. The van der Waals surface area contributed by atoms with Crippen LogP contribution in [0.15, 0.2) is 12.1 Å². The number of unbranched alkanes of at least 4 members (excludes halogenated alkanes) is 7. The van der Waals surface area contributed by atoms with Gasteiger partial charge in [0.2, 0.25) is 0 Å². The van der Waals surface area contributed by atoms with Crippen LogP contribution < -0.4 is 5.32 Å². The minimum absolute atomic E-state index is 0.284. The van der Waals surface area contributed by atoms with Gasteiger partial charge in [-0.15, -0.1) is 0 Å². The Hall–Kier alpha value is -2.78. The summed E-state index contributed by atoms with van der Waals surface area (Å²) in [4.78, 5) is 30.5. The van der Waals surface area contributed by atoms with Gasteiger partial charge in [-0.1, -0.05) is 51.9 Å². The first-order chi connectivity index (χ1) is 12.4. The Morgan fingerprint density at radius 2 is 1.23 bits per heavy atom. The highest BCUT2D eigenvalue weighted by Gasteiger charge is 2.30. The van der Waals surface area contributed by atoms with Crippen molar-refractivity contribution in [3.05, 3.63) is 42.5 Å². The molecule has 10 nitrogen and oxygen atoms in total. The summed E-state index contributed by atoms with van der Waals surface area (Å²) in [5, 5.41) is 35.8. The monoisotopic (exact) mass is 368 g/mol. The van der Waals surface area contributed by atoms with Crippen LogP contribution in [0.4, 0.5) is 22.7 Å². The van der Waals surface area contributed by atoms with Gasteiger partial charge in [-0.2, -0.15) is 0 Å². The zero-order valence-corrected chi connectivity index (χ0v) is 14.8. The molecule has 0 aliphatic rings. The Morgan fingerprint density at radius 1 is 0.769 bits per heavy atom. The minimum atomic E-state index is -0.887. The molecule has 0 saturated carbocycles. The molecule has 0 heterocycles. The lowest BCUT2D eigenvalue weighted by atomic mass is 10.1. The van der Waals surface area contributed by atoms with Gasteiger partial charge in [-0.3, -0.25) is 30.3 Å². The molecule has 0 saturated heterocycles. The van der Waals surface area contributed by atoms with Crippen LogP contribution >= 0.6 is 0 Å². The minimum Gasteiger partial charge on any atom is -0.374 e. The van der Waals surface area contributed by atoms with Crippen LogP contribution in [0.1, 0.15) is 58.3 Å². The average molecular weight is 368 g/mol. The lowest BCUT2D eigenvalue weighted by molar-refractivity contribution is -0.401. The second kappa shape index (κ2) is 11.0. The Bertz CT molecular complexity index is 615. The summed E-state index contributed by atoms with van der Waals surface area (Å²) in [5.41, 5.74) is -2.29. The molecule has 1 rings (SSSR count). The van der Waals surface area contributed by atoms with Crippen molar-refractivity contribution in [3.63, 3.8) is 0 Å². The van der Waals surface area contributed by atoms with E-state index in [0.717, 1.165) is 31.4 Å². The molecular weight excluding hydrogens is 344 g/mol. The lowest BCUT2D eigenvalue weighted by Gasteiger charge is -2.08. The first-order valence-corrected chi connectivity index (χ1v) is 8.73. The third-order valence-corrected chi connectivity index (χ3v) is 4.02. The maximum Gasteiger partial charge on any atom is 0.306 e. The largest absolute Gasteiger partial charge is 0.374 e. The molecule has 0 spiro atoms. The van der Waals surface area contributed by atoms with Crippen LogP contribution in [-0.4, -0.2) is 21.3 Å². The number of anilines is 1. The van der Waals surface area contributed by atoms with Gasteiger partial charge in [0.15, 0.2) is 5.69 Å². The van der Waals surface area contributed by atoms with Crippen LogP contribution in [0.3, 0.4) is 0 Å². The van der Waals surface area contributed by atoms with Gasteiger partial charge in [-0.25, -0.2) is 0 Å². The first kappa shape index (κ1) is 21.3. The molecule has 26 heavy (non-hydrogen) atoms. The van der Waals surface area contributed by atoms with E-state index in [2.05, 4.69) is 12.2 Å². The fraction of sp³-hybridized carbons (Fsp3) is 0.625. The topological polar surface area (TPSA) is 141 Å². The number of benzene rings is 1. The number of nitro benzene ring substituents is 3. The lowest BCUT2D eigenvalue weighted by Crippen LogP contribution is -2.08. The summed E-state index contributed by atoms with van der Waals surface area (Å²) in [6.45, 7) is 2.48. The predicted octanol–water partition coefficient (Wildman–Crippen LogP) is 4.96. The van der Waals surface area contributed by atoms with Gasteiger partial charge in [0.1, 0.15) is 0 Å². The second-order valence-electron chi connectivity index (χ2n) is 6.03. The van der Waals surface area contributed by atoms with Crippen molar-refractivity contribution in [2.24, 2.45) is 0 Å². The molecule has 10 heteroatoms. The Balaban J connectivity index is 2.68. The summed E-state index contributed by atoms with van der Waals surface area (Å²) >= 11 is 0. The molecule has 0 fully saturated rings. The van der Waals surface area contributed by atoms with Crippen molar-refractivity contribution in [2.45, 2.75) is 58.3 Å². The van der Waals surface area contributed by atoms with Crippen LogP contribution in [0, 0.1) is 30.3 Å². The average Bonchev–Trinajstić information content (AvgIpc) is 2.59. The highest BCUT2D eigenvalue weighted by molar-refractivity contribution is 5.77. The molecule has 0 amide bonds. The third-order valence-electron chi connectivity index (χ3n) is 4.02. The number of nitro groups is 3. The molecule has 0 bridgehead atoms. The van der Waals surface area contributed by atoms with Crippen LogP contribution in [0.5, 0.6) is 0 Å². The summed E-state index contributed by atoms with van der Waals surface area (Å²) in [7, 11) is 0. The number of nitrogens with one attached hydrogen (secondary N) is 1. The number of nitrogens with zero attached hydrogens (tertiary/aromatic N) is 3. The smallest absolute Gasteiger partial charge is 0.306 e. The fourth-order valence-corrected chi connectivity index (χ4v) is 2.64. The first-order valence-electron chi connectivity index (χ1n) is 8.73. The Morgan fingerprint density at radius 3 is 1.65 bits per heavy atom. The van der Waals surface area contributed by atoms with Crippen LogP contribution in [0.25, 0.3) is 0 Å². The van der Waals surface area contributed by atoms with E-state index >= 15 is 0 Å². The third kappa shape index (κ3) is 6.61. The zero-order valence-electron chi connectivity index (χ0n) is 14.8. The Labute approximate surface area is 151 Å². The zero-order chi connectivity index (χ0) is 19.5. The highest BCUT2D eigenvalue weighted by atomic mass is 16.6. The maximum absolute atomic E-state index is 11.2. The molecule has 0 aromatic heterocycles. The molecule has 1 aromatic carbocycles. The molecule has 0 aliphatic carbocycles. The summed E-state index contributed by atoms with van der Waals surface area (Å²) in [6.07, 6.45) is 8.60. The molecule has 144 valence electrons. The van der Waals surface area contributed by atoms with Crippen LogP contribution in [-0.2, 0) is 0 Å². The van der Waals surface area contributed by atoms with E-state index in [1.54, 1.807) is 0 Å². The normalized spacial score (nSPS) is 10.5. The number of hydrogen-bond donors (Lipinski definition) is 1. The van der Waals surface area contributed by atoms with Gasteiger partial charge >= 0.3 is 11.4 Å². The molecular formula is C16H24N4O6. The highest BCUT2D eigenvalue weighted by Crippen LogP contribution is 2.38. The SMILES string of the molecule is CCCCCCCCCCNc1c([N+](=O)[O-])cc([N+](=O)[O-])cc1[N+](=O)[O-]. The van der Waals surface area contributed by atoms with E-state index in [1.165, 1.54) is 25.7 Å². The van der Waals surface area contributed by atoms with Gasteiger partial charge in [0.25, 0.3) is 5.69 Å². The predicted molar refractivity (Wildman–Crippen MR) is 97.5 cm³/mol. The summed E-state index contributed by atoms with van der Waals surface area (Å²) in [5.74, 6) is 0. The van der Waals surface area contributed by atoms with E-state index in [0.29, 0.717) is 13.0 Å². The van der Waals surface area contributed by atoms with Crippen molar-refractivity contribution in [3.8, 4) is 0 Å². The Kier molecular flexibility index (Phi) is 8.96. The summed E-state index contributed by atoms with van der Waals surface area (Å²) < 4.78 is 0. The molecule has 1 N–H and O–H groups in total. The van der Waals surface area contributed by atoms with Crippen molar-refractivity contribution in [1.29, 1.82) is 0 Å². The van der Waals surface area contributed by atoms with Gasteiger partial charge < -0.3 is 5.32 Å². The molecule has 0 aliphatic heterocycles. The molecule has 0 atom stereocenters. The van der Waals surface area contributed by atoms with Crippen molar-refractivity contribution < 1.29 is 14.8 Å². The quantitative estimate of drug-likeness (QED) is 0.294. The van der Waals surface area contributed by atoms with Crippen molar-refractivity contribution >= 4 is 22.7 Å². The molecule has 0 unspecified atom stereocenters. The standard InChI is InChI=1S/C16H24N4O6/c1-2-3-4-5-6-7-8-9-10-17-16-14(19(23)24)11-13(18(21)22)12-15(16)20(25)26/h11-12,17H,2-10H2,1H3. The maximum atomic E-state index is 11.2. The summed E-state index contributed by atoms with van der Waals surface area (Å²) in [6, 6.07) is 1.48. The second-order valence-corrected chi connectivity index (χ2v) is 6.03.